The van der Waals surface area contributed by atoms with E-state index >= 15 is 0 Å². The van der Waals surface area contributed by atoms with Crippen molar-refractivity contribution in [1.82, 2.24) is 20.1 Å². The summed E-state index contributed by atoms with van der Waals surface area (Å²) in [5, 5.41) is 7.49. The van der Waals surface area contributed by atoms with Gasteiger partial charge in [-0.3, -0.25) is 0 Å². The van der Waals surface area contributed by atoms with Crippen LogP contribution in [0.1, 0.15) is 18.7 Å². The lowest BCUT2D eigenvalue weighted by Gasteiger charge is -2.10. The van der Waals surface area contributed by atoms with Crippen molar-refractivity contribution in [2.45, 2.75) is 19.4 Å². The fourth-order valence-electron chi connectivity index (χ4n) is 1.77. The maximum Gasteiger partial charge on any atom is 0.244 e. The van der Waals surface area contributed by atoms with E-state index < -0.39 is 0 Å². The zero-order chi connectivity index (χ0) is 9.97. The second-order valence-corrected chi connectivity index (χ2v) is 3.68. The third-order valence-corrected chi connectivity index (χ3v) is 2.57. The van der Waals surface area contributed by atoms with Gasteiger partial charge in [0.2, 0.25) is 5.95 Å². The van der Waals surface area contributed by atoms with Gasteiger partial charge in [-0.05, 0) is 19.9 Å². The first kappa shape index (κ1) is 9.45. The van der Waals surface area contributed by atoms with Crippen molar-refractivity contribution in [3.8, 4) is 0 Å². The average Bonchev–Trinajstić information content (AvgIpc) is 2.76. The van der Waals surface area contributed by atoms with Gasteiger partial charge in [-0.15, -0.1) is 5.10 Å². The molecule has 78 valence electrons. The molecular formula is C9H17N5. The molecule has 1 aromatic heterocycles. The van der Waals surface area contributed by atoms with Gasteiger partial charge in [-0.25, -0.2) is 4.68 Å². The maximum absolute atomic E-state index is 4.50. The predicted molar refractivity (Wildman–Crippen MR) is 55.2 cm³/mol. The smallest absolute Gasteiger partial charge is 0.244 e. The van der Waals surface area contributed by atoms with E-state index in [2.05, 4.69) is 20.3 Å². The fraction of sp³-hybridized carbons (Fsp3) is 0.778. The highest BCUT2D eigenvalue weighted by atomic mass is 15.4. The molecule has 1 N–H and O–H groups in total. The fourth-order valence-corrected chi connectivity index (χ4v) is 1.77. The van der Waals surface area contributed by atoms with Crippen LogP contribution in [-0.2, 0) is 13.6 Å². The minimum absolute atomic E-state index is 0.775. The Hall–Kier alpha value is -1.10. The quantitative estimate of drug-likeness (QED) is 0.745. The molecule has 1 aromatic rings. The summed E-state index contributed by atoms with van der Waals surface area (Å²) >= 11 is 0. The second-order valence-electron chi connectivity index (χ2n) is 3.68. The number of nitrogens with zero attached hydrogens (tertiary/aromatic N) is 4. The Labute approximate surface area is 84.1 Å². The van der Waals surface area contributed by atoms with Gasteiger partial charge in [-0.1, -0.05) is 0 Å². The van der Waals surface area contributed by atoms with Gasteiger partial charge in [0, 0.05) is 20.1 Å². The zero-order valence-electron chi connectivity index (χ0n) is 8.82. The minimum Gasteiger partial charge on any atom is -0.340 e. The van der Waals surface area contributed by atoms with Crippen molar-refractivity contribution < 1.29 is 0 Å². The molecule has 0 atom stereocenters. The second kappa shape index (κ2) is 3.96. The van der Waals surface area contributed by atoms with Crippen LogP contribution in [0.4, 0.5) is 5.95 Å². The Kier molecular flexibility index (Phi) is 2.67. The molecule has 0 unspecified atom stereocenters. The van der Waals surface area contributed by atoms with Gasteiger partial charge in [0.15, 0.2) is 0 Å². The number of nitrogens with one attached hydrogen (secondary N) is 1. The van der Waals surface area contributed by atoms with Crippen LogP contribution in [0.15, 0.2) is 0 Å². The Morgan fingerprint density at radius 3 is 2.71 bits per heavy atom. The first-order valence-corrected chi connectivity index (χ1v) is 5.10. The molecule has 0 aromatic carbocycles. The van der Waals surface area contributed by atoms with E-state index in [1.807, 2.05) is 18.8 Å². The number of anilines is 1. The SMILES string of the molecule is CNCc1nc(N2CCCC2)nn1C. The van der Waals surface area contributed by atoms with Gasteiger partial charge >= 0.3 is 0 Å². The molecule has 2 rings (SSSR count). The normalized spacial score (nSPS) is 16.6. The highest BCUT2D eigenvalue weighted by Gasteiger charge is 2.17. The third-order valence-electron chi connectivity index (χ3n) is 2.57. The largest absolute Gasteiger partial charge is 0.340 e. The van der Waals surface area contributed by atoms with Crippen LogP contribution in [0.5, 0.6) is 0 Å². The van der Waals surface area contributed by atoms with E-state index in [4.69, 9.17) is 0 Å². The summed E-state index contributed by atoms with van der Waals surface area (Å²) in [5.74, 6) is 1.88. The molecule has 0 aliphatic carbocycles. The molecule has 1 saturated heterocycles. The summed E-state index contributed by atoms with van der Waals surface area (Å²) in [4.78, 5) is 6.75. The van der Waals surface area contributed by atoms with Crippen molar-refractivity contribution >= 4 is 5.95 Å². The highest BCUT2D eigenvalue weighted by Crippen LogP contribution is 2.15. The van der Waals surface area contributed by atoms with Crippen LogP contribution < -0.4 is 10.2 Å². The van der Waals surface area contributed by atoms with E-state index in [1.165, 1.54) is 12.8 Å². The van der Waals surface area contributed by atoms with Crippen LogP contribution in [0.25, 0.3) is 0 Å². The summed E-state index contributed by atoms with van der Waals surface area (Å²) in [6.07, 6.45) is 2.53. The highest BCUT2D eigenvalue weighted by molar-refractivity contribution is 5.30. The average molecular weight is 195 g/mol. The Morgan fingerprint density at radius 1 is 1.36 bits per heavy atom. The molecule has 0 bridgehead atoms. The van der Waals surface area contributed by atoms with Gasteiger partial charge in [0.25, 0.3) is 0 Å². The summed E-state index contributed by atoms with van der Waals surface area (Å²) in [6.45, 7) is 2.98. The number of hydrogen-bond donors (Lipinski definition) is 1. The van der Waals surface area contributed by atoms with Crippen molar-refractivity contribution in [2.75, 3.05) is 25.0 Å². The van der Waals surface area contributed by atoms with E-state index in [0.29, 0.717) is 0 Å². The molecule has 5 heteroatoms. The Bertz CT molecular complexity index is 300. The Balaban J connectivity index is 2.14. The van der Waals surface area contributed by atoms with Gasteiger partial charge in [0.1, 0.15) is 5.82 Å². The molecule has 0 radical (unpaired) electrons. The third kappa shape index (κ3) is 1.72. The van der Waals surface area contributed by atoms with E-state index in [-0.39, 0.29) is 0 Å². The van der Waals surface area contributed by atoms with Gasteiger partial charge < -0.3 is 10.2 Å². The first-order chi connectivity index (χ1) is 6.81. The summed E-state index contributed by atoms with van der Waals surface area (Å²) in [6, 6.07) is 0. The number of aryl methyl sites for hydroxylation is 1. The lowest BCUT2D eigenvalue weighted by Crippen LogP contribution is -2.19. The topological polar surface area (TPSA) is 46.0 Å². The van der Waals surface area contributed by atoms with Crippen LogP contribution in [0, 0.1) is 0 Å². The Morgan fingerprint density at radius 2 is 2.07 bits per heavy atom. The minimum atomic E-state index is 0.775. The first-order valence-electron chi connectivity index (χ1n) is 5.10. The summed E-state index contributed by atoms with van der Waals surface area (Å²) < 4.78 is 1.85. The maximum atomic E-state index is 4.50. The molecule has 0 amide bonds. The van der Waals surface area contributed by atoms with Crippen molar-refractivity contribution in [2.24, 2.45) is 7.05 Å². The standard InChI is InChI=1S/C9H17N5/c1-10-7-8-11-9(12-13(8)2)14-5-3-4-6-14/h10H,3-7H2,1-2H3. The van der Waals surface area contributed by atoms with Crippen LogP contribution in [0.2, 0.25) is 0 Å². The van der Waals surface area contributed by atoms with Crippen molar-refractivity contribution in [3.05, 3.63) is 5.82 Å². The predicted octanol–water partition coefficient (Wildman–Crippen LogP) is 0.135. The van der Waals surface area contributed by atoms with E-state index in [1.54, 1.807) is 0 Å². The molecule has 0 spiro atoms. The summed E-state index contributed by atoms with van der Waals surface area (Å²) in [5.41, 5.74) is 0. The molecule has 14 heavy (non-hydrogen) atoms. The van der Waals surface area contributed by atoms with Crippen molar-refractivity contribution in [1.29, 1.82) is 0 Å². The zero-order valence-corrected chi connectivity index (χ0v) is 8.82. The van der Waals surface area contributed by atoms with E-state index in [0.717, 1.165) is 31.4 Å². The lowest BCUT2D eigenvalue weighted by molar-refractivity contribution is 0.658. The monoisotopic (exact) mass is 195 g/mol. The molecule has 1 aliphatic rings. The molecule has 1 fully saturated rings. The molecule has 1 aliphatic heterocycles. The number of hydrogen-bond acceptors (Lipinski definition) is 4. The van der Waals surface area contributed by atoms with Gasteiger partial charge in [0.05, 0.1) is 6.54 Å². The molecule has 0 saturated carbocycles. The number of rotatable bonds is 3. The molecule has 5 nitrogen and oxygen atoms in total. The van der Waals surface area contributed by atoms with Crippen LogP contribution >= 0.6 is 0 Å². The summed E-state index contributed by atoms with van der Waals surface area (Å²) in [7, 11) is 3.86. The van der Waals surface area contributed by atoms with E-state index in [9.17, 15) is 0 Å². The van der Waals surface area contributed by atoms with Crippen molar-refractivity contribution in [3.63, 3.8) is 0 Å². The van der Waals surface area contributed by atoms with Gasteiger partial charge in [-0.2, -0.15) is 4.98 Å². The lowest BCUT2D eigenvalue weighted by atomic mass is 10.4. The number of aromatic nitrogens is 3. The van der Waals surface area contributed by atoms with Crippen LogP contribution in [-0.4, -0.2) is 34.9 Å². The molecular weight excluding hydrogens is 178 g/mol. The molecule has 2 heterocycles. The van der Waals surface area contributed by atoms with Crippen LogP contribution in [0.3, 0.4) is 0 Å².